The van der Waals surface area contributed by atoms with Crippen molar-refractivity contribution in [1.29, 1.82) is 5.26 Å². The molecule has 0 spiro atoms. The van der Waals surface area contributed by atoms with Crippen molar-refractivity contribution in [3.63, 3.8) is 0 Å². The molecule has 0 fully saturated rings. The van der Waals surface area contributed by atoms with E-state index in [4.69, 9.17) is 18.9 Å². The number of rotatable bonds is 6. The van der Waals surface area contributed by atoms with Gasteiger partial charge in [-0.1, -0.05) is 72.8 Å². The highest BCUT2D eigenvalue weighted by Crippen LogP contribution is 2.60. The van der Waals surface area contributed by atoms with Crippen molar-refractivity contribution >= 4 is 0 Å². The van der Waals surface area contributed by atoms with Gasteiger partial charge in [0.25, 0.3) is 0 Å². The van der Waals surface area contributed by atoms with Gasteiger partial charge in [-0.15, -0.1) is 0 Å². The zero-order valence-electron chi connectivity index (χ0n) is 24.1. The van der Waals surface area contributed by atoms with E-state index in [2.05, 4.69) is 6.07 Å². The van der Waals surface area contributed by atoms with Crippen molar-refractivity contribution in [1.82, 2.24) is 0 Å². The molecular formula is C37H29NO6. The Morgan fingerprint density at radius 2 is 1.09 bits per heavy atom. The van der Waals surface area contributed by atoms with Crippen molar-refractivity contribution < 1.29 is 29.2 Å². The van der Waals surface area contributed by atoms with Crippen LogP contribution in [-0.2, 0) is 11.2 Å². The second-order valence-corrected chi connectivity index (χ2v) is 11.0. The number of aliphatic hydroxyl groups is 2. The maximum Gasteiger partial charge on any atom is 0.161 e. The van der Waals surface area contributed by atoms with Crippen LogP contribution in [0.25, 0.3) is 0 Å². The first-order valence-electron chi connectivity index (χ1n) is 14.2. The largest absolute Gasteiger partial charge is 0.497 e. The van der Waals surface area contributed by atoms with Crippen LogP contribution in [0.15, 0.2) is 115 Å². The highest BCUT2D eigenvalue weighted by Gasteiger charge is 2.55. The fraction of sp³-hybridized carbons (Fsp3) is 0.162. The zero-order chi connectivity index (χ0) is 30.5. The molecule has 0 bridgehead atoms. The van der Waals surface area contributed by atoms with Crippen LogP contribution in [-0.4, -0.2) is 24.4 Å². The first-order valence-corrected chi connectivity index (χ1v) is 14.2. The van der Waals surface area contributed by atoms with Gasteiger partial charge in [0.1, 0.15) is 23.0 Å². The van der Waals surface area contributed by atoms with E-state index in [-0.39, 0.29) is 0 Å². The molecule has 0 radical (unpaired) electrons. The third-order valence-corrected chi connectivity index (χ3v) is 8.60. The average molecular weight is 584 g/mol. The van der Waals surface area contributed by atoms with E-state index in [0.717, 1.165) is 0 Å². The van der Waals surface area contributed by atoms with Crippen LogP contribution < -0.4 is 18.9 Å². The summed E-state index contributed by atoms with van der Waals surface area (Å²) in [5, 5.41) is 34.8. The number of benzene rings is 5. The highest BCUT2D eigenvalue weighted by molar-refractivity contribution is 5.62. The molecule has 0 saturated heterocycles. The molecule has 0 amide bonds. The van der Waals surface area contributed by atoms with Crippen LogP contribution in [0.1, 0.15) is 51.2 Å². The van der Waals surface area contributed by atoms with Crippen molar-refractivity contribution in [2.75, 3.05) is 14.2 Å². The standard InChI is InChI=1S/C37H29NO6/c1-41-28-17-25(18-29(19-28)42-2)35-37(40,27-11-7-4-8-12-27)31-20-30-32(21-33(31)44-35)43-34(24-15-13-23(22-38)14-16-24)36(30,39)26-9-5-3-6-10-26/h3-21,34-35,39-40H,1-2H3. The van der Waals surface area contributed by atoms with Gasteiger partial charge in [-0.3, -0.25) is 0 Å². The fourth-order valence-electron chi connectivity index (χ4n) is 6.39. The first-order chi connectivity index (χ1) is 21.4. The van der Waals surface area contributed by atoms with E-state index in [1.54, 1.807) is 56.7 Å². The Hall–Kier alpha value is -5.29. The molecule has 5 aromatic rings. The van der Waals surface area contributed by atoms with Crippen LogP contribution in [0.3, 0.4) is 0 Å². The lowest BCUT2D eigenvalue weighted by molar-refractivity contribution is -0.0119. The summed E-state index contributed by atoms with van der Waals surface area (Å²) >= 11 is 0. The Labute approximate surface area is 255 Å². The Morgan fingerprint density at radius 3 is 1.55 bits per heavy atom. The zero-order valence-corrected chi connectivity index (χ0v) is 24.1. The lowest BCUT2D eigenvalue weighted by Crippen LogP contribution is -2.34. The second-order valence-electron chi connectivity index (χ2n) is 11.0. The van der Waals surface area contributed by atoms with Crippen LogP contribution in [0.4, 0.5) is 0 Å². The molecule has 2 aliphatic rings. The Balaban J connectivity index is 1.43. The molecule has 5 aromatic carbocycles. The minimum atomic E-state index is -1.65. The van der Waals surface area contributed by atoms with E-state index < -0.39 is 23.4 Å². The third-order valence-electron chi connectivity index (χ3n) is 8.60. The minimum Gasteiger partial charge on any atom is -0.497 e. The Bertz CT molecular complexity index is 1860. The van der Waals surface area contributed by atoms with E-state index in [1.807, 2.05) is 72.8 Å². The van der Waals surface area contributed by atoms with Gasteiger partial charge in [-0.05, 0) is 47.0 Å². The van der Waals surface area contributed by atoms with Crippen LogP contribution >= 0.6 is 0 Å². The Morgan fingerprint density at radius 1 is 0.614 bits per heavy atom. The SMILES string of the molecule is COc1cc(OC)cc(C2Oc3cc4c(cc3C2(O)c2ccccc2)C(O)(c2ccccc2)C(c2ccc(C#N)cc2)O4)c1. The molecule has 2 aliphatic heterocycles. The van der Waals surface area contributed by atoms with Crippen molar-refractivity contribution in [3.8, 4) is 29.1 Å². The summed E-state index contributed by atoms with van der Waals surface area (Å²) in [4.78, 5) is 0. The van der Waals surface area contributed by atoms with Gasteiger partial charge in [0, 0.05) is 28.8 Å². The highest BCUT2D eigenvalue weighted by atomic mass is 16.5. The summed E-state index contributed by atoms with van der Waals surface area (Å²) < 4.78 is 24.1. The summed E-state index contributed by atoms with van der Waals surface area (Å²) in [6, 6.07) is 36.7. The van der Waals surface area contributed by atoms with Crippen molar-refractivity contribution in [2.45, 2.75) is 23.4 Å². The Kier molecular flexibility index (Phi) is 6.54. The third kappa shape index (κ3) is 4.11. The molecule has 2 heterocycles. The number of nitrogens with zero attached hydrogens (tertiary/aromatic N) is 1. The van der Waals surface area contributed by atoms with Crippen molar-refractivity contribution in [2.24, 2.45) is 0 Å². The normalized spacial score (nSPS) is 23.1. The van der Waals surface area contributed by atoms with Crippen LogP contribution in [0, 0.1) is 11.3 Å². The maximum absolute atomic E-state index is 12.8. The predicted octanol–water partition coefficient (Wildman–Crippen LogP) is 6.31. The van der Waals surface area contributed by atoms with E-state index in [0.29, 0.717) is 61.9 Å². The smallest absolute Gasteiger partial charge is 0.161 e. The van der Waals surface area contributed by atoms with Gasteiger partial charge in [-0.2, -0.15) is 5.26 Å². The lowest BCUT2D eigenvalue weighted by atomic mass is 9.76. The van der Waals surface area contributed by atoms with Crippen LogP contribution in [0.5, 0.6) is 23.0 Å². The van der Waals surface area contributed by atoms with Gasteiger partial charge >= 0.3 is 0 Å². The van der Waals surface area contributed by atoms with Gasteiger partial charge in [0.15, 0.2) is 23.4 Å². The average Bonchev–Trinajstić information content (AvgIpc) is 3.55. The minimum absolute atomic E-state index is 0.428. The summed E-state index contributed by atoms with van der Waals surface area (Å²) in [6.07, 6.45) is -1.69. The van der Waals surface area contributed by atoms with Gasteiger partial charge in [0.2, 0.25) is 0 Å². The summed E-state index contributed by atoms with van der Waals surface area (Å²) in [5.74, 6) is 1.98. The summed E-state index contributed by atoms with van der Waals surface area (Å²) in [7, 11) is 3.14. The van der Waals surface area contributed by atoms with Gasteiger partial charge < -0.3 is 29.2 Å². The molecule has 4 unspecified atom stereocenters. The molecule has 44 heavy (non-hydrogen) atoms. The fourth-order valence-corrected chi connectivity index (χ4v) is 6.39. The monoisotopic (exact) mass is 583 g/mol. The number of ether oxygens (including phenoxy) is 4. The summed E-state index contributed by atoms with van der Waals surface area (Å²) in [6.45, 7) is 0. The predicted molar refractivity (Wildman–Crippen MR) is 163 cm³/mol. The first kappa shape index (κ1) is 27.5. The molecule has 0 aliphatic carbocycles. The number of methoxy groups -OCH3 is 2. The van der Waals surface area contributed by atoms with Gasteiger partial charge in [0.05, 0.1) is 25.9 Å². The summed E-state index contributed by atoms with van der Waals surface area (Å²) in [5.41, 5.74) is 0.841. The number of nitriles is 1. The number of hydrogen-bond acceptors (Lipinski definition) is 7. The molecule has 7 heteroatoms. The lowest BCUT2D eigenvalue weighted by Gasteiger charge is -2.32. The second kappa shape index (κ2) is 10.5. The molecule has 4 atom stereocenters. The van der Waals surface area contributed by atoms with E-state index in [1.165, 1.54) is 0 Å². The molecule has 0 aromatic heterocycles. The molecular weight excluding hydrogens is 554 g/mol. The van der Waals surface area contributed by atoms with Crippen molar-refractivity contribution in [3.05, 3.63) is 154 Å². The van der Waals surface area contributed by atoms with E-state index in [9.17, 15) is 15.5 Å². The number of fused-ring (bicyclic) bond motifs is 2. The number of hydrogen-bond donors (Lipinski definition) is 2. The van der Waals surface area contributed by atoms with Crippen LogP contribution in [0.2, 0.25) is 0 Å². The molecule has 218 valence electrons. The maximum atomic E-state index is 12.8. The molecule has 0 saturated carbocycles. The topological polar surface area (TPSA) is 101 Å². The van der Waals surface area contributed by atoms with E-state index >= 15 is 0 Å². The quantitative estimate of drug-likeness (QED) is 0.241. The van der Waals surface area contributed by atoms with Gasteiger partial charge in [-0.25, -0.2) is 0 Å². The molecule has 7 nitrogen and oxygen atoms in total. The molecule has 2 N–H and O–H groups in total. The molecule has 7 rings (SSSR count).